The number of hydrogen-bond acceptors (Lipinski definition) is 6. The Morgan fingerprint density at radius 3 is 2.11 bits per heavy atom. The van der Waals surface area contributed by atoms with Crippen molar-refractivity contribution in [3.63, 3.8) is 0 Å². The van der Waals surface area contributed by atoms with Crippen molar-refractivity contribution >= 4 is 11.5 Å². The molecule has 0 aliphatic carbocycles. The monoisotopic (exact) mass is 492 g/mol. The van der Waals surface area contributed by atoms with Crippen LogP contribution in [0.25, 0.3) is 0 Å². The van der Waals surface area contributed by atoms with E-state index in [1.807, 2.05) is 60.7 Å². The molecule has 0 bridgehead atoms. The molecule has 0 amide bonds. The summed E-state index contributed by atoms with van der Waals surface area (Å²) in [6.07, 6.45) is 0. The standard InChI is InChI=1S/C29H28N6O2/c30-19-21-11-13-23(14-12-21)26(34-17-15-33(16-18-34)24-9-5-2-6-10-24)25-27(31)35(29(37)32-28(25)36)20-22-7-3-1-4-8-22/h1-14,26H,15-18,20,31H2,(H,32,36,37)/t26-/m1/s1. The number of nitrogens with zero attached hydrogens (tertiary/aromatic N) is 4. The summed E-state index contributed by atoms with van der Waals surface area (Å²) < 4.78 is 1.42. The van der Waals surface area contributed by atoms with Crippen molar-refractivity contribution in [1.29, 1.82) is 5.26 Å². The highest BCUT2D eigenvalue weighted by atomic mass is 16.2. The molecular weight excluding hydrogens is 464 g/mol. The van der Waals surface area contributed by atoms with Crippen LogP contribution in [0.4, 0.5) is 11.5 Å². The molecule has 1 aliphatic heterocycles. The molecule has 0 unspecified atom stereocenters. The number of para-hydroxylation sites is 1. The number of piperazine rings is 1. The van der Waals surface area contributed by atoms with Gasteiger partial charge in [-0.1, -0.05) is 60.7 Å². The van der Waals surface area contributed by atoms with E-state index in [9.17, 15) is 14.9 Å². The van der Waals surface area contributed by atoms with E-state index in [1.165, 1.54) is 4.57 Å². The molecule has 0 saturated carbocycles. The van der Waals surface area contributed by atoms with Gasteiger partial charge >= 0.3 is 5.69 Å². The number of H-pyrrole nitrogens is 1. The SMILES string of the molecule is N#Cc1ccc([C@H](c2c(N)n(Cc3ccccc3)c(=O)[nH]c2=O)N2CCN(c3ccccc3)CC2)cc1. The van der Waals surface area contributed by atoms with Crippen LogP contribution in [0.15, 0.2) is 94.5 Å². The molecule has 8 nitrogen and oxygen atoms in total. The van der Waals surface area contributed by atoms with Crippen LogP contribution in [0.2, 0.25) is 0 Å². The summed E-state index contributed by atoms with van der Waals surface area (Å²) >= 11 is 0. The van der Waals surface area contributed by atoms with E-state index in [4.69, 9.17) is 5.73 Å². The Hall–Kier alpha value is -4.61. The minimum atomic E-state index is -0.539. The fraction of sp³-hybridized carbons (Fsp3) is 0.207. The van der Waals surface area contributed by atoms with Crippen molar-refractivity contribution in [3.05, 3.63) is 128 Å². The molecule has 37 heavy (non-hydrogen) atoms. The fourth-order valence-corrected chi connectivity index (χ4v) is 4.97. The highest BCUT2D eigenvalue weighted by Crippen LogP contribution is 2.31. The minimum Gasteiger partial charge on any atom is -0.385 e. The average Bonchev–Trinajstić information content (AvgIpc) is 2.94. The van der Waals surface area contributed by atoms with Crippen molar-refractivity contribution in [2.24, 2.45) is 0 Å². The Labute approximate surface area is 214 Å². The smallest absolute Gasteiger partial charge is 0.330 e. The number of rotatable bonds is 6. The van der Waals surface area contributed by atoms with Crippen molar-refractivity contribution in [3.8, 4) is 6.07 Å². The van der Waals surface area contributed by atoms with E-state index in [2.05, 4.69) is 33.0 Å². The third-order valence-electron chi connectivity index (χ3n) is 6.89. The molecule has 0 radical (unpaired) electrons. The normalized spacial score (nSPS) is 14.7. The third-order valence-corrected chi connectivity index (χ3v) is 6.89. The first-order chi connectivity index (χ1) is 18.0. The molecule has 0 spiro atoms. The molecule has 4 aromatic rings. The Balaban J connectivity index is 1.55. The lowest BCUT2D eigenvalue weighted by molar-refractivity contribution is 0.211. The van der Waals surface area contributed by atoms with Gasteiger partial charge in [-0.2, -0.15) is 5.26 Å². The molecule has 3 aromatic carbocycles. The quantitative estimate of drug-likeness (QED) is 0.428. The average molecular weight is 493 g/mol. The van der Waals surface area contributed by atoms with Crippen molar-refractivity contribution in [2.75, 3.05) is 36.8 Å². The first-order valence-electron chi connectivity index (χ1n) is 12.3. The second-order valence-electron chi connectivity index (χ2n) is 9.12. The van der Waals surface area contributed by atoms with Gasteiger partial charge in [0.2, 0.25) is 0 Å². The van der Waals surface area contributed by atoms with Gasteiger partial charge in [-0.25, -0.2) is 4.79 Å². The maximum Gasteiger partial charge on any atom is 0.330 e. The van der Waals surface area contributed by atoms with Crippen molar-refractivity contribution in [2.45, 2.75) is 12.6 Å². The zero-order valence-corrected chi connectivity index (χ0v) is 20.4. The van der Waals surface area contributed by atoms with Gasteiger partial charge in [-0.05, 0) is 35.4 Å². The van der Waals surface area contributed by atoms with Crippen LogP contribution < -0.4 is 21.9 Å². The maximum absolute atomic E-state index is 13.3. The van der Waals surface area contributed by atoms with Gasteiger partial charge in [0.05, 0.1) is 29.8 Å². The summed E-state index contributed by atoms with van der Waals surface area (Å²) in [4.78, 5) is 33.1. The lowest BCUT2D eigenvalue weighted by atomic mass is 9.96. The molecule has 1 saturated heterocycles. The molecule has 1 aliphatic rings. The van der Waals surface area contributed by atoms with Gasteiger partial charge in [0.15, 0.2) is 0 Å². The number of benzene rings is 3. The third kappa shape index (κ3) is 5.03. The van der Waals surface area contributed by atoms with Crippen LogP contribution in [0, 0.1) is 11.3 Å². The van der Waals surface area contributed by atoms with Gasteiger partial charge in [-0.3, -0.25) is 19.2 Å². The van der Waals surface area contributed by atoms with Gasteiger partial charge in [0, 0.05) is 31.9 Å². The fourth-order valence-electron chi connectivity index (χ4n) is 4.97. The highest BCUT2D eigenvalue weighted by Gasteiger charge is 2.31. The van der Waals surface area contributed by atoms with E-state index in [0.29, 0.717) is 24.2 Å². The van der Waals surface area contributed by atoms with E-state index < -0.39 is 17.3 Å². The van der Waals surface area contributed by atoms with E-state index in [-0.39, 0.29) is 12.4 Å². The Morgan fingerprint density at radius 2 is 1.49 bits per heavy atom. The molecule has 186 valence electrons. The first kappa shape index (κ1) is 24.1. The number of nitrogen functional groups attached to an aromatic ring is 1. The second-order valence-corrected chi connectivity index (χ2v) is 9.12. The van der Waals surface area contributed by atoms with Crippen LogP contribution in [0.1, 0.15) is 28.3 Å². The van der Waals surface area contributed by atoms with Gasteiger partial charge < -0.3 is 10.6 Å². The Kier molecular flexibility index (Phi) is 6.88. The summed E-state index contributed by atoms with van der Waals surface area (Å²) in [6, 6.07) is 28.6. The number of nitrogens with two attached hydrogens (primary N) is 1. The first-order valence-corrected chi connectivity index (χ1v) is 12.3. The summed E-state index contributed by atoms with van der Waals surface area (Å²) in [5.41, 5.74) is 9.35. The predicted octanol–water partition coefficient (Wildman–Crippen LogP) is 2.95. The van der Waals surface area contributed by atoms with Crippen molar-refractivity contribution in [1.82, 2.24) is 14.5 Å². The number of hydrogen-bond donors (Lipinski definition) is 2. The lowest BCUT2D eigenvalue weighted by Gasteiger charge is -2.40. The van der Waals surface area contributed by atoms with E-state index >= 15 is 0 Å². The molecule has 1 aromatic heterocycles. The number of aromatic amines is 1. The number of nitrogens with one attached hydrogen (secondary N) is 1. The summed E-state index contributed by atoms with van der Waals surface area (Å²) in [5.74, 6) is 0.150. The van der Waals surface area contributed by atoms with Gasteiger partial charge in [0.1, 0.15) is 5.82 Å². The molecule has 8 heteroatoms. The minimum absolute atomic E-state index is 0.150. The van der Waals surface area contributed by atoms with Gasteiger partial charge in [-0.15, -0.1) is 0 Å². The Morgan fingerprint density at radius 1 is 0.865 bits per heavy atom. The second kappa shape index (κ2) is 10.6. The largest absolute Gasteiger partial charge is 0.385 e. The predicted molar refractivity (Wildman–Crippen MR) is 145 cm³/mol. The van der Waals surface area contributed by atoms with Crippen LogP contribution >= 0.6 is 0 Å². The van der Waals surface area contributed by atoms with Gasteiger partial charge in [0.25, 0.3) is 5.56 Å². The molecule has 5 rings (SSSR count). The molecule has 1 fully saturated rings. The molecule has 1 atom stereocenters. The summed E-state index contributed by atoms with van der Waals surface area (Å²) in [6.45, 7) is 3.18. The summed E-state index contributed by atoms with van der Waals surface area (Å²) in [7, 11) is 0. The lowest BCUT2D eigenvalue weighted by Crippen LogP contribution is -2.49. The van der Waals surface area contributed by atoms with Crippen LogP contribution in [0.3, 0.4) is 0 Å². The van der Waals surface area contributed by atoms with Crippen LogP contribution in [0.5, 0.6) is 0 Å². The van der Waals surface area contributed by atoms with E-state index in [0.717, 1.165) is 29.9 Å². The zero-order valence-electron chi connectivity index (χ0n) is 20.4. The molecule has 3 N–H and O–H groups in total. The molecule has 2 heterocycles. The number of aromatic nitrogens is 2. The van der Waals surface area contributed by atoms with Crippen molar-refractivity contribution < 1.29 is 0 Å². The zero-order chi connectivity index (χ0) is 25.8. The van der Waals surface area contributed by atoms with Crippen LogP contribution in [-0.4, -0.2) is 40.6 Å². The highest BCUT2D eigenvalue weighted by molar-refractivity contribution is 5.49. The maximum atomic E-state index is 13.3. The molecular formula is C29H28N6O2. The topological polar surface area (TPSA) is 111 Å². The number of anilines is 2. The number of nitriles is 1. The van der Waals surface area contributed by atoms with Crippen LogP contribution in [-0.2, 0) is 6.54 Å². The summed E-state index contributed by atoms with van der Waals surface area (Å²) in [5, 5.41) is 9.29. The Bertz CT molecular complexity index is 1510. The van der Waals surface area contributed by atoms with E-state index in [1.54, 1.807) is 12.1 Å².